The van der Waals surface area contributed by atoms with Gasteiger partial charge in [-0.05, 0) is 19.1 Å². The molecular formula is C12H9N3O2. The van der Waals surface area contributed by atoms with Crippen molar-refractivity contribution in [1.82, 2.24) is 5.16 Å². The molecule has 0 aliphatic heterocycles. The summed E-state index contributed by atoms with van der Waals surface area (Å²) in [4.78, 5) is 11.3. The summed E-state index contributed by atoms with van der Waals surface area (Å²) in [6.45, 7) is 1.63. The number of nitrogens with two attached hydrogens (primary N) is 1. The van der Waals surface area contributed by atoms with E-state index in [1.165, 1.54) is 0 Å². The lowest BCUT2D eigenvalue weighted by molar-refractivity contribution is 0.0999. The van der Waals surface area contributed by atoms with E-state index in [4.69, 9.17) is 15.5 Å². The minimum Gasteiger partial charge on any atom is -0.365 e. The van der Waals surface area contributed by atoms with Crippen LogP contribution < -0.4 is 5.73 Å². The van der Waals surface area contributed by atoms with E-state index in [0.29, 0.717) is 22.6 Å². The van der Waals surface area contributed by atoms with Crippen molar-refractivity contribution in [3.05, 3.63) is 41.2 Å². The highest BCUT2D eigenvalue weighted by atomic mass is 16.5. The van der Waals surface area contributed by atoms with Gasteiger partial charge in [0.15, 0.2) is 0 Å². The summed E-state index contributed by atoms with van der Waals surface area (Å²) < 4.78 is 4.95. The minimum absolute atomic E-state index is 0.273. The van der Waals surface area contributed by atoms with Gasteiger partial charge in [0.05, 0.1) is 11.6 Å². The summed E-state index contributed by atoms with van der Waals surface area (Å²) in [5, 5.41) is 12.5. The van der Waals surface area contributed by atoms with Gasteiger partial charge in [-0.2, -0.15) is 5.26 Å². The van der Waals surface area contributed by atoms with Crippen LogP contribution in [0.5, 0.6) is 0 Å². The standard InChI is InChI=1S/C12H9N3O2/c1-7-10(12(14)16)11(15-17-7)9-4-2-8(6-13)3-5-9/h2-5H,1H3,(H2,14,16). The molecule has 84 valence electrons. The summed E-state index contributed by atoms with van der Waals surface area (Å²) >= 11 is 0. The Morgan fingerprint density at radius 3 is 2.59 bits per heavy atom. The smallest absolute Gasteiger partial charge is 0.254 e. The molecule has 1 amide bonds. The molecule has 1 aromatic carbocycles. The molecule has 1 heterocycles. The third-order valence-electron chi connectivity index (χ3n) is 2.40. The number of hydrogen-bond acceptors (Lipinski definition) is 4. The van der Waals surface area contributed by atoms with Crippen LogP contribution in [0, 0.1) is 18.3 Å². The largest absolute Gasteiger partial charge is 0.365 e. The number of amides is 1. The van der Waals surface area contributed by atoms with Gasteiger partial charge in [0.1, 0.15) is 17.0 Å². The molecule has 0 saturated heterocycles. The second-order valence-electron chi connectivity index (χ2n) is 3.52. The lowest BCUT2D eigenvalue weighted by atomic mass is 10.0. The van der Waals surface area contributed by atoms with Gasteiger partial charge in [-0.25, -0.2) is 0 Å². The van der Waals surface area contributed by atoms with Gasteiger partial charge in [-0.1, -0.05) is 17.3 Å². The van der Waals surface area contributed by atoms with Crippen molar-refractivity contribution in [2.24, 2.45) is 5.73 Å². The van der Waals surface area contributed by atoms with Crippen molar-refractivity contribution < 1.29 is 9.32 Å². The number of primary amides is 1. The van der Waals surface area contributed by atoms with Crippen LogP contribution in [0.15, 0.2) is 28.8 Å². The van der Waals surface area contributed by atoms with E-state index in [-0.39, 0.29) is 5.56 Å². The van der Waals surface area contributed by atoms with Gasteiger partial charge >= 0.3 is 0 Å². The Morgan fingerprint density at radius 2 is 2.06 bits per heavy atom. The minimum atomic E-state index is -0.580. The average molecular weight is 227 g/mol. The molecule has 2 rings (SSSR count). The normalized spacial score (nSPS) is 9.88. The van der Waals surface area contributed by atoms with Gasteiger partial charge in [-0.3, -0.25) is 4.79 Å². The van der Waals surface area contributed by atoms with Crippen molar-refractivity contribution in [2.45, 2.75) is 6.92 Å². The van der Waals surface area contributed by atoms with Crippen LogP contribution in [-0.4, -0.2) is 11.1 Å². The second kappa shape index (κ2) is 4.10. The first-order valence-electron chi connectivity index (χ1n) is 4.90. The number of nitrogens with zero attached hydrogens (tertiary/aromatic N) is 2. The Balaban J connectivity index is 2.53. The Hall–Kier alpha value is -2.61. The molecule has 5 heteroatoms. The molecule has 0 unspecified atom stereocenters. The van der Waals surface area contributed by atoms with Crippen LogP contribution in [-0.2, 0) is 0 Å². The topological polar surface area (TPSA) is 92.9 Å². The Bertz CT molecular complexity index is 606. The van der Waals surface area contributed by atoms with E-state index in [1.54, 1.807) is 31.2 Å². The number of hydrogen-bond donors (Lipinski definition) is 1. The molecule has 0 fully saturated rings. The highest BCUT2D eigenvalue weighted by Crippen LogP contribution is 2.24. The van der Waals surface area contributed by atoms with E-state index in [1.807, 2.05) is 6.07 Å². The zero-order valence-electron chi connectivity index (χ0n) is 9.10. The van der Waals surface area contributed by atoms with Gasteiger partial charge in [0, 0.05) is 5.56 Å². The summed E-state index contributed by atoms with van der Waals surface area (Å²) in [5.41, 5.74) is 7.16. The molecule has 0 aliphatic carbocycles. The molecule has 17 heavy (non-hydrogen) atoms. The fourth-order valence-corrected chi connectivity index (χ4v) is 1.56. The molecule has 1 aromatic heterocycles. The zero-order valence-corrected chi connectivity index (χ0v) is 9.10. The molecule has 0 atom stereocenters. The van der Waals surface area contributed by atoms with Crippen LogP contribution in [0.1, 0.15) is 21.7 Å². The molecule has 2 N–H and O–H groups in total. The fourth-order valence-electron chi connectivity index (χ4n) is 1.56. The van der Waals surface area contributed by atoms with Gasteiger partial charge in [0.2, 0.25) is 0 Å². The summed E-state index contributed by atoms with van der Waals surface area (Å²) in [6, 6.07) is 8.69. The van der Waals surface area contributed by atoms with E-state index in [9.17, 15) is 4.79 Å². The predicted molar refractivity (Wildman–Crippen MR) is 59.9 cm³/mol. The van der Waals surface area contributed by atoms with E-state index >= 15 is 0 Å². The number of aromatic nitrogens is 1. The van der Waals surface area contributed by atoms with Crippen molar-refractivity contribution in [1.29, 1.82) is 5.26 Å². The SMILES string of the molecule is Cc1onc(-c2ccc(C#N)cc2)c1C(N)=O. The summed E-state index contributed by atoms with van der Waals surface area (Å²) in [6.07, 6.45) is 0. The highest BCUT2D eigenvalue weighted by molar-refractivity contribution is 5.99. The van der Waals surface area contributed by atoms with Crippen molar-refractivity contribution in [2.75, 3.05) is 0 Å². The van der Waals surface area contributed by atoms with Crippen LogP contribution in [0.4, 0.5) is 0 Å². The third-order valence-corrected chi connectivity index (χ3v) is 2.40. The Kier molecular flexibility index (Phi) is 2.63. The fraction of sp³-hybridized carbons (Fsp3) is 0.0833. The van der Waals surface area contributed by atoms with Crippen LogP contribution in [0.25, 0.3) is 11.3 Å². The number of rotatable bonds is 2. The van der Waals surface area contributed by atoms with Crippen molar-refractivity contribution >= 4 is 5.91 Å². The summed E-state index contributed by atoms with van der Waals surface area (Å²) in [7, 11) is 0. The van der Waals surface area contributed by atoms with E-state index < -0.39 is 5.91 Å². The first-order valence-corrected chi connectivity index (χ1v) is 4.90. The molecule has 2 aromatic rings. The Labute approximate surface area is 97.4 Å². The number of nitriles is 1. The quantitative estimate of drug-likeness (QED) is 0.843. The maximum absolute atomic E-state index is 11.3. The number of carbonyl (C=O) groups is 1. The predicted octanol–water partition coefficient (Wildman–Crippen LogP) is 1.62. The molecule has 0 aliphatic rings. The maximum atomic E-state index is 11.3. The molecule has 0 bridgehead atoms. The Morgan fingerprint density at radius 1 is 1.41 bits per heavy atom. The molecule has 0 spiro atoms. The number of aryl methyl sites for hydroxylation is 1. The monoisotopic (exact) mass is 227 g/mol. The number of benzene rings is 1. The third kappa shape index (κ3) is 1.88. The van der Waals surface area contributed by atoms with Crippen molar-refractivity contribution in [3.8, 4) is 17.3 Å². The molecule has 5 nitrogen and oxygen atoms in total. The first kappa shape index (κ1) is 10.9. The lowest BCUT2D eigenvalue weighted by Crippen LogP contribution is -2.12. The van der Waals surface area contributed by atoms with Crippen LogP contribution in [0.3, 0.4) is 0 Å². The second-order valence-corrected chi connectivity index (χ2v) is 3.52. The van der Waals surface area contributed by atoms with Crippen LogP contribution in [0.2, 0.25) is 0 Å². The summed E-state index contributed by atoms with van der Waals surface area (Å²) in [5.74, 6) is -0.194. The molecular weight excluding hydrogens is 218 g/mol. The first-order chi connectivity index (χ1) is 8.13. The average Bonchev–Trinajstić information content (AvgIpc) is 2.71. The van der Waals surface area contributed by atoms with E-state index in [0.717, 1.165) is 0 Å². The van der Waals surface area contributed by atoms with E-state index in [2.05, 4.69) is 5.16 Å². The van der Waals surface area contributed by atoms with Gasteiger partial charge < -0.3 is 10.3 Å². The zero-order chi connectivity index (χ0) is 12.4. The maximum Gasteiger partial charge on any atom is 0.254 e. The van der Waals surface area contributed by atoms with Crippen molar-refractivity contribution in [3.63, 3.8) is 0 Å². The lowest BCUT2D eigenvalue weighted by Gasteiger charge is -1.98. The highest BCUT2D eigenvalue weighted by Gasteiger charge is 2.18. The molecule has 0 saturated carbocycles. The number of carbonyl (C=O) groups excluding carboxylic acids is 1. The van der Waals surface area contributed by atoms with Crippen LogP contribution >= 0.6 is 0 Å². The van der Waals surface area contributed by atoms with Gasteiger partial charge in [-0.15, -0.1) is 0 Å². The molecule has 0 radical (unpaired) electrons. The van der Waals surface area contributed by atoms with Gasteiger partial charge in [0.25, 0.3) is 5.91 Å².